The Morgan fingerprint density at radius 2 is 1.80 bits per heavy atom. The molecule has 12 heteroatoms. The number of H-pyrrole nitrogens is 1. The quantitative estimate of drug-likeness (QED) is 0.0673. The van der Waals surface area contributed by atoms with Gasteiger partial charge in [-0.1, -0.05) is 11.6 Å². The second-order valence-electron chi connectivity index (χ2n) is 13.1. The van der Waals surface area contributed by atoms with Crippen LogP contribution in [0.3, 0.4) is 0 Å². The highest BCUT2D eigenvalue weighted by Crippen LogP contribution is 2.39. The summed E-state index contributed by atoms with van der Waals surface area (Å²) in [7, 11) is 0. The number of hydrogen-bond donors (Lipinski definition) is 5. The molecule has 5 N–H and O–H groups in total. The second kappa shape index (κ2) is 13.9. The standard InChI is InChI=1S/C37H41NO11/c1-18(2)7-9-21-15-22(10-13-27(21)40)28(41)16-24-30(42)23-11-14-29(20(4)32(23)47-34(24)44)46-36-31(43)33(25(17-39)37(5,6)49-36)48-35(45)26-12-8-19(3)38-26/h7-8,10-15,25,31,33,36,38-40,42-43H,9,16-17H2,1-6H3/t25-,31?,33+,36-/m1/s1. The summed E-state index contributed by atoms with van der Waals surface area (Å²) in [4.78, 5) is 42.1. The van der Waals surface area contributed by atoms with Crippen LogP contribution in [-0.4, -0.2) is 67.9 Å². The van der Waals surface area contributed by atoms with Gasteiger partial charge in [0.15, 0.2) is 11.9 Å². The molecular formula is C37H41NO11. The van der Waals surface area contributed by atoms with Crippen molar-refractivity contribution in [2.75, 3.05) is 6.61 Å². The van der Waals surface area contributed by atoms with Gasteiger partial charge in [-0.3, -0.25) is 4.79 Å². The van der Waals surface area contributed by atoms with Crippen LogP contribution in [0.4, 0.5) is 0 Å². The monoisotopic (exact) mass is 675 g/mol. The molecule has 1 saturated heterocycles. The lowest BCUT2D eigenvalue weighted by molar-refractivity contribution is -0.291. The van der Waals surface area contributed by atoms with Crippen molar-refractivity contribution in [3.63, 3.8) is 0 Å². The number of carbonyl (C=O) groups is 2. The molecule has 0 aliphatic carbocycles. The van der Waals surface area contributed by atoms with E-state index in [2.05, 4.69) is 4.98 Å². The zero-order chi connectivity index (χ0) is 35.8. The molecule has 1 fully saturated rings. The van der Waals surface area contributed by atoms with E-state index in [0.29, 0.717) is 17.5 Å². The molecule has 2 aromatic carbocycles. The van der Waals surface area contributed by atoms with E-state index in [1.54, 1.807) is 45.9 Å². The van der Waals surface area contributed by atoms with Crippen molar-refractivity contribution in [3.8, 4) is 17.2 Å². The average molecular weight is 676 g/mol. The number of ether oxygens (including phenoxy) is 3. The molecule has 4 atom stereocenters. The minimum Gasteiger partial charge on any atom is -0.508 e. The number of aromatic hydroxyl groups is 2. The molecule has 49 heavy (non-hydrogen) atoms. The third kappa shape index (κ3) is 7.26. The molecule has 5 rings (SSSR count). The predicted molar refractivity (Wildman–Crippen MR) is 179 cm³/mol. The van der Waals surface area contributed by atoms with Crippen molar-refractivity contribution in [2.45, 2.75) is 78.5 Å². The van der Waals surface area contributed by atoms with Crippen LogP contribution >= 0.6 is 0 Å². The molecule has 0 amide bonds. The molecule has 1 unspecified atom stereocenters. The van der Waals surface area contributed by atoms with Gasteiger partial charge < -0.3 is 44.0 Å². The number of ketones is 1. The fourth-order valence-electron chi connectivity index (χ4n) is 5.94. The molecule has 4 aromatic rings. The Morgan fingerprint density at radius 1 is 1.06 bits per heavy atom. The van der Waals surface area contributed by atoms with Crippen molar-refractivity contribution in [3.05, 3.63) is 98.2 Å². The topological polar surface area (TPSA) is 189 Å². The number of carbonyl (C=O) groups excluding carboxylic acids is 2. The van der Waals surface area contributed by atoms with Gasteiger partial charge in [-0.25, -0.2) is 9.59 Å². The highest BCUT2D eigenvalue weighted by molar-refractivity contribution is 5.99. The Balaban J connectivity index is 1.40. The predicted octanol–water partition coefficient (Wildman–Crippen LogP) is 4.79. The molecular weight excluding hydrogens is 634 g/mol. The molecule has 260 valence electrons. The van der Waals surface area contributed by atoms with Gasteiger partial charge in [0.2, 0.25) is 6.29 Å². The van der Waals surface area contributed by atoms with Gasteiger partial charge in [-0.2, -0.15) is 0 Å². The lowest BCUT2D eigenvalue weighted by Gasteiger charge is -2.47. The number of phenolic OH excluding ortho intramolecular Hbond substituents is 1. The van der Waals surface area contributed by atoms with Crippen molar-refractivity contribution in [1.82, 2.24) is 4.98 Å². The second-order valence-corrected chi connectivity index (χ2v) is 13.1. The number of aryl methyl sites for hydroxylation is 2. The Kier molecular flexibility index (Phi) is 10.0. The van der Waals surface area contributed by atoms with Crippen LogP contribution < -0.4 is 10.4 Å². The Morgan fingerprint density at radius 3 is 2.45 bits per heavy atom. The molecule has 12 nitrogen and oxygen atoms in total. The number of fused-ring (bicyclic) bond motifs is 1. The number of aromatic amines is 1. The van der Waals surface area contributed by atoms with E-state index in [-0.39, 0.29) is 39.3 Å². The summed E-state index contributed by atoms with van der Waals surface area (Å²) in [6, 6.07) is 10.6. The lowest BCUT2D eigenvalue weighted by atomic mass is 9.81. The van der Waals surface area contributed by atoms with Crippen molar-refractivity contribution < 1.29 is 48.6 Å². The highest BCUT2D eigenvalue weighted by atomic mass is 16.7. The van der Waals surface area contributed by atoms with Gasteiger partial charge in [0, 0.05) is 23.2 Å². The zero-order valence-corrected chi connectivity index (χ0v) is 28.2. The number of Topliss-reactive ketones (excluding diaryl/α,β-unsaturated/α-hetero) is 1. The van der Waals surface area contributed by atoms with Crippen LogP contribution in [0, 0.1) is 19.8 Å². The van der Waals surface area contributed by atoms with Gasteiger partial charge in [0.1, 0.15) is 34.6 Å². The molecule has 2 aromatic heterocycles. The minimum absolute atomic E-state index is 0.00673. The van der Waals surface area contributed by atoms with Gasteiger partial charge in [0.25, 0.3) is 0 Å². The smallest absolute Gasteiger partial charge is 0.355 e. The van der Waals surface area contributed by atoms with Crippen LogP contribution in [-0.2, 0) is 22.3 Å². The van der Waals surface area contributed by atoms with E-state index in [0.717, 1.165) is 11.3 Å². The molecule has 0 saturated carbocycles. The van der Waals surface area contributed by atoms with Gasteiger partial charge in [-0.15, -0.1) is 0 Å². The van der Waals surface area contributed by atoms with E-state index in [1.807, 2.05) is 19.9 Å². The van der Waals surface area contributed by atoms with Crippen LogP contribution in [0.2, 0.25) is 0 Å². The Bertz CT molecular complexity index is 1980. The number of allylic oxidation sites excluding steroid dienone is 2. The maximum atomic E-state index is 13.2. The zero-order valence-electron chi connectivity index (χ0n) is 28.2. The molecule has 1 aliphatic rings. The average Bonchev–Trinajstić information content (AvgIpc) is 3.48. The lowest BCUT2D eigenvalue weighted by Crippen LogP contribution is -2.62. The molecule has 0 spiro atoms. The van der Waals surface area contributed by atoms with Gasteiger partial charge >= 0.3 is 11.6 Å². The molecule has 1 aliphatic heterocycles. The first-order valence-electron chi connectivity index (χ1n) is 15.9. The molecule has 0 radical (unpaired) electrons. The number of benzene rings is 2. The minimum atomic E-state index is -1.53. The summed E-state index contributed by atoms with van der Waals surface area (Å²) in [5.74, 6) is -2.23. The van der Waals surface area contributed by atoms with Crippen LogP contribution in [0.25, 0.3) is 11.0 Å². The number of aromatic nitrogens is 1. The fraction of sp³-hybridized carbons (Fsp3) is 0.378. The van der Waals surface area contributed by atoms with E-state index in [1.165, 1.54) is 24.3 Å². The number of aliphatic hydroxyl groups excluding tert-OH is 2. The summed E-state index contributed by atoms with van der Waals surface area (Å²) < 4.78 is 23.4. The summed E-state index contributed by atoms with van der Waals surface area (Å²) in [6.45, 7) is 10.1. The summed E-state index contributed by atoms with van der Waals surface area (Å²) in [5.41, 5.74) is 0.797. The number of hydrogen-bond acceptors (Lipinski definition) is 11. The Hall–Kier alpha value is -4.91. The summed E-state index contributed by atoms with van der Waals surface area (Å²) in [6.07, 6.45) is -2.23. The molecule has 0 bridgehead atoms. The van der Waals surface area contributed by atoms with Crippen molar-refractivity contribution in [2.24, 2.45) is 5.92 Å². The Labute approximate surface area is 282 Å². The summed E-state index contributed by atoms with van der Waals surface area (Å²) in [5, 5.41) is 43.0. The third-order valence-electron chi connectivity index (χ3n) is 8.87. The maximum absolute atomic E-state index is 13.2. The van der Waals surface area contributed by atoms with E-state index in [4.69, 9.17) is 18.6 Å². The third-order valence-corrected chi connectivity index (χ3v) is 8.87. The number of phenols is 1. The van der Waals surface area contributed by atoms with E-state index in [9.17, 15) is 34.8 Å². The van der Waals surface area contributed by atoms with Crippen LogP contribution in [0.1, 0.15) is 70.9 Å². The van der Waals surface area contributed by atoms with Gasteiger partial charge in [-0.05, 0) is 96.0 Å². The SMILES string of the molecule is CC(C)=CCc1cc(C(=O)Cc2c(O)c3ccc(O[C@@H]4OC(C)(C)[C@H](CO)[C@H](OC(=O)c5ccc(C)[nH]5)C4O)c(C)c3oc2=O)ccc1O. The van der Waals surface area contributed by atoms with Crippen LogP contribution in [0.5, 0.6) is 17.2 Å². The first-order chi connectivity index (χ1) is 23.1. The van der Waals surface area contributed by atoms with Crippen LogP contribution in [0.15, 0.2) is 63.3 Å². The largest absolute Gasteiger partial charge is 0.508 e. The number of nitrogens with one attached hydrogen (secondary N) is 1. The van der Waals surface area contributed by atoms with E-state index >= 15 is 0 Å². The highest BCUT2D eigenvalue weighted by Gasteiger charge is 2.52. The first-order valence-corrected chi connectivity index (χ1v) is 15.9. The number of aliphatic hydroxyl groups is 2. The first kappa shape index (κ1) is 35.4. The van der Waals surface area contributed by atoms with Gasteiger partial charge in [0.05, 0.1) is 29.1 Å². The van der Waals surface area contributed by atoms with Crippen molar-refractivity contribution >= 4 is 22.7 Å². The number of rotatable bonds is 10. The fourth-order valence-corrected chi connectivity index (χ4v) is 5.94. The number of esters is 1. The summed E-state index contributed by atoms with van der Waals surface area (Å²) >= 11 is 0. The van der Waals surface area contributed by atoms with E-state index < -0.39 is 66.2 Å². The molecule has 3 heterocycles. The van der Waals surface area contributed by atoms with Crippen molar-refractivity contribution in [1.29, 1.82) is 0 Å². The maximum Gasteiger partial charge on any atom is 0.355 e. The normalized spacial score (nSPS) is 20.2.